The van der Waals surface area contributed by atoms with Crippen molar-refractivity contribution in [1.82, 2.24) is 14.8 Å². The van der Waals surface area contributed by atoms with Crippen molar-refractivity contribution in [1.29, 1.82) is 0 Å². The van der Waals surface area contributed by atoms with Crippen LogP contribution in [0, 0.1) is 12.3 Å². The summed E-state index contributed by atoms with van der Waals surface area (Å²) in [5.41, 5.74) is 1.56. The molecule has 2 aliphatic heterocycles. The van der Waals surface area contributed by atoms with Crippen molar-refractivity contribution < 1.29 is 14.0 Å². The van der Waals surface area contributed by atoms with Gasteiger partial charge in [0.25, 0.3) is 5.91 Å². The van der Waals surface area contributed by atoms with Crippen molar-refractivity contribution in [3.05, 3.63) is 53.7 Å². The Bertz CT molecular complexity index is 837. The Labute approximate surface area is 159 Å². The molecule has 1 aromatic carbocycles. The lowest BCUT2D eigenvalue weighted by Crippen LogP contribution is -2.53. The summed E-state index contributed by atoms with van der Waals surface area (Å²) in [5.74, 6) is 0.608. The van der Waals surface area contributed by atoms with Crippen LogP contribution in [0.15, 0.2) is 41.1 Å². The topological polar surface area (TPSA) is 66.7 Å². The van der Waals surface area contributed by atoms with Crippen molar-refractivity contribution in [2.75, 3.05) is 26.7 Å². The molecule has 142 valence electrons. The monoisotopic (exact) mass is 367 g/mol. The van der Waals surface area contributed by atoms with Crippen LogP contribution in [0.5, 0.6) is 0 Å². The van der Waals surface area contributed by atoms with E-state index in [2.05, 4.69) is 4.98 Å². The third kappa shape index (κ3) is 3.24. The van der Waals surface area contributed by atoms with Gasteiger partial charge in [-0.05, 0) is 37.2 Å². The van der Waals surface area contributed by atoms with Crippen molar-refractivity contribution in [2.45, 2.75) is 32.1 Å². The summed E-state index contributed by atoms with van der Waals surface area (Å²) >= 11 is 0. The second-order valence-corrected chi connectivity index (χ2v) is 7.91. The molecular formula is C21H25N3O3. The summed E-state index contributed by atoms with van der Waals surface area (Å²) < 4.78 is 5.17. The molecule has 6 heteroatoms. The van der Waals surface area contributed by atoms with Crippen molar-refractivity contribution in [3.63, 3.8) is 0 Å². The molecular weight excluding hydrogens is 342 g/mol. The van der Waals surface area contributed by atoms with E-state index in [4.69, 9.17) is 4.42 Å². The summed E-state index contributed by atoms with van der Waals surface area (Å²) in [6, 6.07) is 10.0. The quantitative estimate of drug-likeness (QED) is 0.819. The number of nitrogens with zero attached hydrogens (tertiary/aromatic N) is 3. The van der Waals surface area contributed by atoms with E-state index in [0.717, 1.165) is 31.4 Å². The predicted molar refractivity (Wildman–Crippen MR) is 100 cm³/mol. The van der Waals surface area contributed by atoms with E-state index in [1.807, 2.05) is 47.2 Å². The molecule has 0 saturated carbocycles. The Kier molecular flexibility index (Phi) is 4.50. The lowest BCUT2D eigenvalue weighted by atomic mass is 9.67. The highest BCUT2D eigenvalue weighted by molar-refractivity contribution is 5.93. The zero-order valence-electron chi connectivity index (χ0n) is 15.9. The Morgan fingerprint density at radius 1 is 1.22 bits per heavy atom. The van der Waals surface area contributed by atoms with Crippen LogP contribution in [0.1, 0.15) is 47.0 Å². The van der Waals surface area contributed by atoms with Gasteiger partial charge >= 0.3 is 0 Å². The van der Waals surface area contributed by atoms with Gasteiger partial charge < -0.3 is 14.2 Å². The molecule has 0 aliphatic carbocycles. The van der Waals surface area contributed by atoms with Crippen molar-refractivity contribution in [3.8, 4) is 0 Å². The number of hydrogen-bond donors (Lipinski definition) is 0. The average Bonchev–Trinajstić information content (AvgIpc) is 3.11. The third-order valence-corrected chi connectivity index (χ3v) is 6.14. The smallest absolute Gasteiger partial charge is 0.276 e. The Morgan fingerprint density at radius 2 is 1.93 bits per heavy atom. The predicted octanol–water partition coefficient (Wildman–Crippen LogP) is 2.85. The fraction of sp³-hybridized carbons (Fsp3) is 0.476. The highest BCUT2D eigenvalue weighted by Crippen LogP contribution is 2.45. The van der Waals surface area contributed by atoms with E-state index < -0.39 is 0 Å². The van der Waals surface area contributed by atoms with Gasteiger partial charge in [-0.1, -0.05) is 30.3 Å². The number of benzene rings is 1. The maximum Gasteiger partial charge on any atom is 0.276 e. The van der Waals surface area contributed by atoms with Crippen molar-refractivity contribution in [2.24, 2.45) is 5.41 Å². The minimum Gasteiger partial charge on any atom is -0.448 e. The fourth-order valence-corrected chi connectivity index (χ4v) is 4.58. The number of rotatable bonds is 2. The van der Waals surface area contributed by atoms with Gasteiger partial charge in [0.05, 0.1) is 5.92 Å². The largest absolute Gasteiger partial charge is 0.448 e. The highest BCUT2D eigenvalue weighted by Gasteiger charge is 2.45. The van der Waals surface area contributed by atoms with Crippen LogP contribution in [0.4, 0.5) is 0 Å². The molecule has 2 aromatic rings. The van der Waals surface area contributed by atoms with Crippen molar-refractivity contribution >= 4 is 11.8 Å². The number of carbonyl (C=O) groups excluding carboxylic acids is 2. The van der Waals surface area contributed by atoms with Crippen LogP contribution < -0.4 is 0 Å². The number of aryl methyl sites for hydroxylation is 1. The summed E-state index contributed by atoms with van der Waals surface area (Å²) in [6.07, 6.45) is 3.97. The van der Waals surface area contributed by atoms with Crippen LogP contribution in [-0.2, 0) is 4.79 Å². The molecule has 1 atom stereocenters. The number of amides is 2. The van der Waals surface area contributed by atoms with Crippen LogP contribution in [-0.4, -0.2) is 53.3 Å². The molecule has 0 N–H and O–H groups in total. The molecule has 1 spiro atoms. The Morgan fingerprint density at radius 3 is 2.56 bits per heavy atom. The van der Waals surface area contributed by atoms with Crippen LogP contribution in [0.3, 0.4) is 0 Å². The number of aromatic nitrogens is 1. The SMILES string of the molecule is Cc1ocnc1C(=O)N1CCC2(CC1)CC(c1ccccc1)C(=O)N(C)C2. The third-order valence-electron chi connectivity index (χ3n) is 6.14. The lowest BCUT2D eigenvalue weighted by Gasteiger charge is -2.49. The Hall–Kier alpha value is -2.63. The van der Waals surface area contributed by atoms with E-state index in [9.17, 15) is 9.59 Å². The first-order chi connectivity index (χ1) is 13.0. The lowest BCUT2D eigenvalue weighted by molar-refractivity contribution is -0.139. The number of likely N-dealkylation sites (tertiary alicyclic amines) is 2. The van der Waals surface area contributed by atoms with Gasteiger partial charge in [0.1, 0.15) is 5.76 Å². The summed E-state index contributed by atoms with van der Waals surface area (Å²) in [7, 11) is 1.90. The van der Waals surface area contributed by atoms with E-state index in [1.54, 1.807) is 6.92 Å². The Balaban J connectivity index is 1.49. The number of likely N-dealkylation sites (N-methyl/N-ethyl adjacent to an activating group) is 1. The molecule has 0 radical (unpaired) electrons. The second kappa shape index (κ2) is 6.83. The van der Waals surface area contributed by atoms with E-state index in [1.165, 1.54) is 6.39 Å². The fourth-order valence-electron chi connectivity index (χ4n) is 4.58. The highest BCUT2D eigenvalue weighted by atomic mass is 16.3. The zero-order chi connectivity index (χ0) is 19.0. The first kappa shape index (κ1) is 17.8. The minimum atomic E-state index is -0.0926. The molecule has 2 saturated heterocycles. The van der Waals surface area contributed by atoms with Gasteiger partial charge in [0.2, 0.25) is 5.91 Å². The molecule has 2 amide bonds. The van der Waals surface area contributed by atoms with E-state index in [-0.39, 0.29) is 23.1 Å². The van der Waals surface area contributed by atoms with E-state index >= 15 is 0 Å². The zero-order valence-corrected chi connectivity index (χ0v) is 15.9. The van der Waals surface area contributed by atoms with Crippen LogP contribution >= 0.6 is 0 Å². The van der Waals surface area contributed by atoms with Gasteiger partial charge in [0, 0.05) is 26.7 Å². The molecule has 4 rings (SSSR count). The van der Waals surface area contributed by atoms with Gasteiger partial charge in [0.15, 0.2) is 12.1 Å². The van der Waals surface area contributed by atoms with Gasteiger partial charge in [-0.2, -0.15) is 0 Å². The molecule has 0 bridgehead atoms. The molecule has 1 unspecified atom stereocenters. The standard InChI is InChI=1S/C21H25N3O3/c1-15-18(22-14-27-15)20(26)24-10-8-21(9-11-24)12-17(19(25)23(2)13-21)16-6-4-3-5-7-16/h3-7,14,17H,8-13H2,1-2H3. The normalized spacial score (nSPS) is 22.3. The number of piperidine rings is 2. The second-order valence-electron chi connectivity index (χ2n) is 7.91. The molecule has 2 aliphatic rings. The van der Waals surface area contributed by atoms with Gasteiger partial charge in [-0.15, -0.1) is 0 Å². The average molecular weight is 367 g/mol. The molecule has 1 aromatic heterocycles. The maximum absolute atomic E-state index is 12.8. The van der Waals surface area contributed by atoms with Gasteiger partial charge in [-0.3, -0.25) is 9.59 Å². The molecule has 6 nitrogen and oxygen atoms in total. The summed E-state index contributed by atoms with van der Waals surface area (Å²) in [4.78, 5) is 33.3. The molecule has 27 heavy (non-hydrogen) atoms. The number of oxazole rings is 1. The van der Waals surface area contributed by atoms with Crippen LogP contribution in [0.2, 0.25) is 0 Å². The van der Waals surface area contributed by atoms with Crippen LogP contribution in [0.25, 0.3) is 0 Å². The summed E-state index contributed by atoms with van der Waals surface area (Å²) in [6.45, 7) is 3.90. The summed E-state index contributed by atoms with van der Waals surface area (Å²) in [5, 5.41) is 0. The number of hydrogen-bond acceptors (Lipinski definition) is 4. The molecule has 3 heterocycles. The molecule has 2 fully saturated rings. The van der Waals surface area contributed by atoms with E-state index in [0.29, 0.717) is 24.5 Å². The first-order valence-electron chi connectivity index (χ1n) is 9.48. The first-order valence-corrected chi connectivity index (χ1v) is 9.48. The number of carbonyl (C=O) groups is 2. The van der Waals surface area contributed by atoms with Gasteiger partial charge in [-0.25, -0.2) is 4.98 Å². The minimum absolute atomic E-state index is 0.0593. The maximum atomic E-state index is 12.8.